The smallest absolute Gasteiger partial charge is 0.0659 e. The summed E-state index contributed by atoms with van der Waals surface area (Å²) in [6.45, 7) is 17.8. The van der Waals surface area contributed by atoms with Crippen molar-refractivity contribution >= 4 is 60.2 Å². The summed E-state index contributed by atoms with van der Waals surface area (Å²) in [5.41, 5.74) is 18.7. The van der Waals surface area contributed by atoms with E-state index in [1.165, 1.54) is 44.5 Å². The number of benzene rings is 1. The van der Waals surface area contributed by atoms with Crippen LogP contribution in [-0.2, 0) is 42.8 Å². The number of aryl methyl sites for hydroxylation is 6. The minimum Gasteiger partial charge on any atom is -0.657 e. The van der Waals surface area contributed by atoms with Crippen molar-refractivity contribution in [3.05, 3.63) is 97.8 Å². The fourth-order valence-corrected chi connectivity index (χ4v) is 6.97. The van der Waals surface area contributed by atoms with Crippen LogP contribution < -0.4 is 15.0 Å². The van der Waals surface area contributed by atoms with Gasteiger partial charge >= 0.3 is 0 Å². The Balaban J connectivity index is 0.000000510. The molecule has 0 fully saturated rings. The summed E-state index contributed by atoms with van der Waals surface area (Å²) in [5, 5.41) is 0. The van der Waals surface area contributed by atoms with Crippen LogP contribution in [-0.4, -0.2) is 4.98 Å². The molecule has 0 unspecified atom stereocenters. The first-order chi connectivity index (χ1) is 21.3. The normalized spacial score (nSPS) is 11.9. The van der Waals surface area contributed by atoms with Gasteiger partial charge in [-0.05, 0) is 63.5 Å². The van der Waals surface area contributed by atoms with E-state index in [0.29, 0.717) is 0 Å². The van der Waals surface area contributed by atoms with Crippen LogP contribution in [0.1, 0.15) is 99.2 Å². The zero-order chi connectivity index (χ0) is 31.5. The molecule has 5 aromatic rings. The molecule has 4 nitrogen and oxygen atoms in total. The maximum Gasteiger partial charge on any atom is 0.0659 e. The van der Waals surface area contributed by atoms with E-state index in [1.807, 2.05) is 24.3 Å². The van der Waals surface area contributed by atoms with E-state index in [9.17, 15) is 0 Å². The van der Waals surface area contributed by atoms with Crippen molar-refractivity contribution < 1.29 is 17.1 Å². The molecule has 6 heteroatoms. The minimum absolute atomic E-state index is 0. The molecule has 0 N–H and O–H groups in total. The summed E-state index contributed by atoms with van der Waals surface area (Å²) < 4.78 is 1.10. The molecule has 6 rings (SSSR count). The standard InChI is InChI=1S/C33H39N4.C6H4Br.Mn/c1-9-20-18(7)26-15-30-22(11-3)24(13-5)32(36-30)33-25(14-6)23(12-4)31(37-33)16-27-19(8)21(10-2)29(35-27)17-28(20)34-26;7-6-4-2-1-3-5-6;/h15-17H,9-14H2,1-8H3;2-5H;/q-3;-1;. The van der Waals surface area contributed by atoms with E-state index in [4.69, 9.17) is 19.9 Å². The number of rotatable bonds is 6. The van der Waals surface area contributed by atoms with Crippen molar-refractivity contribution in [2.24, 2.45) is 0 Å². The predicted molar refractivity (Wildman–Crippen MR) is 191 cm³/mol. The molecule has 0 amide bonds. The molecule has 45 heavy (non-hydrogen) atoms. The van der Waals surface area contributed by atoms with E-state index < -0.39 is 0 Å². The number of aromatic nitrogens is 4. The van der Waals surface area contributed by atoms with Crippen LogP contribution in [0.3, 0.4) is 0 Å². The first-order valence-electron chi connectivity index (χ1n) is 16.1. The molecule has 5 heterocycles. The zero-order valence-corrected chi connectivity index (χ0v) is 30.6. The average molecular weight is 703 g/mol. The Kier molecular flexibility index (Phi) is 11.6. The minimum atomic E-state index is 0. The molecule has 8 bridgehead atoms. The van der Waals surface area contributed by atoms with Crippen LogP contribution in [0.15, 0.2) is 46.9 Å². The molecule has 1 aliphatic heterocycles. The molecule has 1 aromatic carbocycles. The second kappa shape index (κ2) is 15.0. The fourth-order valence-electron chi connectivity index (χ4n) is 6.71. The third-order valence-corrected chi connectivity index (χ3v) is 9.53. The van der Waals surface area contributed by atoms with Gasteiger partial charge in [0.05, 0.1) is 11.4 Å². The monoisotopic (exact) mass is 701 g/mol. The molecular formula is C39H43BrMnN4-4. The van der Waals surface area contributed by atoms with E-state index in [2.05, 4.69) is 95.6 Å². The molecule has 1 aliphatic rings. The molecule has 0 saturated heterocycles. The quantitative estimate of drug-likeness (QED) is 0.131. The molecule has 1 radical (unpaired) electrons. The Morgan fingerprint density at radius 3 is 1.56 bits per heavy atom. The Morgan fingerprint density at radius 1 is 0.600 bits per heavy atom. The van der Waals surface area contributed by atoms with Crippen molar-refractivity contribution in [3.8, 4) is 0 Å². The van der Waals surface area contributed by atoms with Gasteiger partial charge < -0.3 is 15.0 Å². The van der Waals surface area contributed by atoms with Gasteiger partial charge in [-0.15, -0.1) is 33.1 Å². The molecule has 0 spiro atoms. The van der Waals surface area contributed by atoms with Gasteiger partial charge in [0.25, 0.3) is 0 Å². The molecular weight excluding hydrogens is 659 g/mol. The predicted octanol–water partition coefficient (Wildman–Crippen LogP) is 10.3. The van der Waals surface area contributed by atoms with Crippen molar-refractivity contribution in [3.63, 3.8) is 0 Å². The van der Waals surface area contributed by atoms with Gasteiger partial charge in [0.1, 0.15) is 0 Å². The Labute approximate surface area is 287 Å². The summed E-state index contributed by atoms with van der Waals surface area (Å²) in [6, 6.07) is 17.2. The van der Waals surface area contributed by atoms with Crippen molar-refractivity contribution in [2.45, 2.75) is 93.9 Å². The van der Waals surface area contributed by atoms with Gasteiger partial charge in [-0.3, -0.25) is 0 Å². The molecule has 0 atom stereocenters. The second-order valence-corrected chi connectivity index (χ2v) is 12.3. The van der Waals surface area contributed by atoms with Crippen LogP contribution >= 0.6 is 15.9 Å². The number of allylic oxidation sites excluding steroid dienone is 2. The summed E-state index contributed by atoms with van der Waals surface area (Å²) >= 11 is 3.29. The van der Waals surface area contributed by atoms with Gasteiger partial charge in [0.2, 0.25) is 0 Å². The zero-order valence-electron chi connectivity index (χ0n) is 27.8. The van der Waals surface area contributed by atoms with Crippen molar-refractivity contribution in [2.75, 3.05) is 0 Å². The number of nitrogens with zero attached hydrogens (tertiary/aromatic N) is 4. The Hall–Kier alpha value is -3.05. The van der Waals surface area contributed by atoms with E-state index >= 15 is 0 Å². The van der Waals surface area contributed by atoms with Crippen LogP contribution in [0.5, 0.6) is 0 Å². The van der Waals surface area contributed by atoms with Gasteiger partial charge in [-0.2, -0.15) is 30.3 Å². The maximum atomic E-state index is 5.28. The van der Waals surface area contributed by atoms with Crippen LogP contribution in [0.25, 0.3) is 44.2 Å². The summed E-state index contributed by atoms with van der Waals surface area (Å²) in [6.07, 6.45) is 5.65. The van der Waals surface area contributed by atoms with E-state index in [1.54, 1.807) is 0 Å². The van der Waals surface area contributed by atoms with Gasteiger partial charge in [-0.1, -0.05) is 114 Å². The van der Waals surface area contributed by atoms with Crippen molar-refractivity contribution in [1.82, 2.24) is 19.9 Å². The largest absolute Gasteiger partial charge is 0.657 e. The first-order valence-corrected chi connectivity index (χ1v) is 16.9. The SMILES string of the molecule is Brc1cc[c-]cc1.CCC1=C(CC)c2nc1cc1[n-]c(cc3[n-]c(cc4[n-]c2c(CC)c4CC)c(C)c3CC)c(CC)c1C.[Mn]. The summed E-state index contributed by atoms with van der Waals surface area (Å²) in [4.78, 5) is 20.9. The van der Waals surface area contributed by atoms with Gasteiger partial charge in [0, 0.05) is 17.1 Å². The Bertz CT molecular complexity index is 1960. The molecule has 4 aromatic heterocycles. The third kappa shape index (κ3) is 6.61. The van der Waals surface area contributed by atoms with E-state index in [0.717, 1.165) is 87.5 Å². The molecule has 0 saturated carbocycles. The maximum absolute atomic E-state index is 5.28. The van der Waals surface area contributed by atoms with Crippen LogP contribution in [0.4, 0.5) is 0 Å². The molecule has 237 valence electrons. The number of halogens is 1. The second-order valence-electron chi connectivity index (χ2n) is 11.3. The third-order valence-electron chi connectivity index (χ3n) is 9.00. The fraction of sp³-hybridized carbons (Fsp3) is 0.359. The van der Waals surface area contributed by atoms with Crippen LogP contribution in [0, 0.1) is 19.9 Å². The average Bonchev–Trinajstić information content (AvgIpc) is 3.73. The first kappa shape index (κ1) is 34.8. The summed E-state index contributed by atoms with van der Waals surface area (Å²) in [5.74, 6) is 0. The van der Waals surface area contributed by atoms with E-state index in [-0.39, 0.29) is 17.1 Å². The number of hydrogen-bond donors (Lipinski definition) is 0. The van der Waals surface area contributed by atoms with Crippen LogP contribution in [0.2, 0.25) is 0 Å². The number of fused-ring (bicyclic) bond motifs is 9. The Morgan fingerprint density at radius 2 is 1.09 bits per heavy atom. The summed E-state index contributed by atoms with van der Waals surface area (Å²) in [7, 11) is 0. The topological polar surface area (TPSA) is 55.2 Å². The molecule has 0 aliphatic carbocycles. The van der Waals surface area contributed by atoms with Crippen molar-refractivity contribution in [1.29, 1.82) is 0 Å². The van der Waals surface area contributed by atoms with Gasteiger partial charge in [0.15, 0.2) is 0 Å². The number of hydrogen-bond acceptors (Lipinski definition) is 1. The van der Waals surface area contributed by atoms with Gasteiger partial charge in [-0.25, -0.2) is 4.98 Å².